The molecule has 3 aromatic rings. The molecule has 0 radical (unpaired) electrons. The lowest BCUT2D eigenvalue weighted by atomic mass is 9.90. The van der Waals surface area contributed by atoms with E-state index in [9.17, 15) is 0 Å². The van der Waals surface area contributed by atoms with E-state index in [2.05, 4.69) is 114 Å². The van der Waals surface area contributed by atoms with Crippen molar-refractivity contribution in [2.24, 2.45) is 5.41 Å². The first kappa shape index (κ1) is 24.5. The van der Waals surface area contributed by atoms with Crippen molar-refractivity contribution >= 4 is 11.6 Å². The molecule has 0 N–H and O–H groups in total. The Balaban J connectivity index is 1.69. The summed E-state index contributed by atoms with van der Waals surface area (Å²) in [6.07, 6.45) is 10.2. The van der Waals surface area contributed by atoms with E-state index in [4.69, 9.17) is 9.15 Å². The first-order valence-corrected chi connectivity index (χ1v) is 12.2. The summed E-state index contributed by atoms with van der Waals surface area (Å²) in [5.41, 5.74) is 4.44. The highest BCUT2D eigenvalue weighted by Crippen LogP contribution is 2.36. The third-order valence-electron chi connectivity index (χ3n) is 5.84. The lowest BCUT2D eigenvalue weighted by molar-refractivity contribution is 0.225. The summed E-state index contributed by atoms with van der Waals surface area (Å²) >= 11 is 0. The molecule has 2 aromatic carbocycles. The van der Waals surface area contributed by atoms with Gasteiger partial charge in [0.25, 0.3) is 0 Å². The molecule has 1 aromatic heterocycles. The average molecular weight is 464 g/mol. The van der Waals surface area contributed by atoms with E-state index in [1.807, 2.05) is 30.4 Å². The molecule has 0 saturated carbocycles. The van der Waals surface area contributed by atoms with Crippen LogP contribution in [-0.2, 0) is 10.2 Å². The van der Waals surface area contributed by atoms with Crippen LogP contribution in [0, 0.1) is 5.41 Å². The topological polar surface area (TPSA) is 20.5 Å². The van der Waals surface area contributed by atoms with Gasteiger partial charge in [-0.05, 0) is 61.8 Å². The molecule has 35 heavy (non-hydrogen) atoms. The van der Waals surface area contributed by atoms with E-state index in [0.29, 0.717) is 0 Å². The molecule has 1 aliphatic rings. The van der Waals surface area contributed by atoms with E-state index in [1.165, 1.54) is 11.1 Å². The van der Waals surface area contributed by atoms with Gasteiger partial charge in [-0.25, -0.2) is 4.42 Å². The molecule has 0 amide bonds. The average Bonchev–Trinajstić information content (AvgIpc) is 2.84. The molecule has 0 bridgehead atoms. The van der Waals surface area contributed by atoms with E-state index in [-0.39, 0.29) is 10.8 Å². The molecule has 0 aliphatic carbocycles. The zero-order chi connectivity index (χ0) is 25.1. The van der Waals surface area contributed by atoms with E-state index in [1.54, 1.807) is 0 Å². The summed E-state index contributed by atoms with van der Waals surface area (Å²) in [6.45, 7) is 13.0. The Bertz CT molecular complexity index is 1290. The van der Waals surface area contributed by atoms with Crippen molar-refractivity contribution in [1.82, 2.24) is 0 Å². The van der Waals surface area contributed by atoms with Crippen LogP contribution in [0.2, 0.25) is 0 Å². The van der Waals surface area contributed by atoms with Crippen molar-refractivity contribution in [3.63, 3.8) is 0 Å². The molecule has 4 rings (SSSR count). The van der Waals surface area contributed by atoms with Gasteiger partial charge >= 0.3 is 11.5 Å². The molecule has 0 fully saturated rings. The maximum atomic E-state index is 6.28. The molecular weight excluding hydrogens is 428 g/mol. The van der Waals surface area contributed by atoms with Gasteiger partial charge in [0.2, 0.25) is 0 Å². The molecule has 2 heteroatoms. The summed E-state index contributed by atoms with van der Waals surface area (Å²) in [5.74, 6) is 3.51. The number of hydrogen-bond acceptors (Lipinski definition) is 1. The molecule has 0 saturated heterocycles. The minimum Gasteiger partial charge on any atom is -0.461 e. The number of hydrogen-bond donors (Lipinski definition) is 0. The first-order valence-electron chi connectivity index (χ1n) is 12.2. The lowest BCUT2D eigenvalue weighted by Gasteiger charge is -2.27. The number of benzene rings is 2. The summed E-state index contributed by atoms with van der Waals surface area (Å²) in [6, 6.07) is 25.1. The highest BCUT2D eigenvalue weighted by atomic mass is 16.5. The Labute approximate surface area is 210 Å². The van der Waals surface area contributed by atoms with Gasteiger partial charge in [-0.3, -0.25) is 0 Å². The van der Waals surface area contributed by atoms with Gasteiger partial charge in [0.05, 0.1) is 11.5 Å². The highest BCUT2D eigenvalue weighted by molar-refractivity contribution is 5.77. The van der Waals surface area contributed by atoms with Crippen LogP contribution < -0.4 is 0 Å². The van der Waals surface area contributed by atoms with Crippen LogP contribution in [0.25, 0.3) is 22.8 Å². The van der Waals surface area contributed by atoms with Crippen LogP contribution in [-0.4, -0.2) is 0 Å². The van der Waals surface area contributed by atoms with Gasteiger partial charge in [0.1, 0.15) is 11.5 Å². The largest absolute Gasteiger partial charge is 0.461 e. The van der Waals surface area contributed by atoms with Crippen molar-refractivity contribution in [2.45, 2.75) is 47.0 Å². The van der Waals surface area contributed by atoms with Crippen LogP contribution in [0.3, 0.4) is 0 Å². The predicted octanol–water partition coefficient (Wildman–Crippen LogP) is 9.47. The fourth-order valence-corrected chi connectivity index (χ4v) is 3.78. The van der Waals surface area contributed by atoms with Crippen LogP contribution >= 0.6 is 0 Å². The van der Waals surface area contributed by atoms with Gasteiger partial charge in [0.15, 0.2) is 0 Å². The Morgan fingerprint density at radius 2 is 1.31 bits per heavy atom. The monoisotopic (exact) mass is 463 g/mol. The maximum absolute atomic E-state index is 6.28. The van der Waals surface area contributed by atoms with Gasteiger partial charge in [0, 0.05) is 23.1 Å². The van der Waals surface area contributed by atoms with Gasteiger partial charge in [-0.1, -0.05) is 81.4 Å². The van der Waals surface area contributed by atoms with Crippen LogP contribution in [0.15, 0.2) is 113 Å². The second-order valence-electron chi connectivity index (χ2n) is 11.0. The summed E-state index contributed by atoms with van der Waals surface area (Å²) in [4.78, 5) is 0. The second-order valence-corrected chi connectivity index (χ2v) is 11.0. The molecule has 0 atom stereocenters. The maximum Gasteiger partial charge on any atom is 0.353 e. The SMILES string of the molecule is CC(C)(C)C1=CC(c2ccccc2)=C/C(=C\C=C\c2cc(-c3ccccc3)cc(C(C)(C)C)[o+]2)O1. The van der Waals surface area contributed by atoms with Gasteiger partial charge < -0.3 is 4.74 Å². The second kappa shape index (κ2) is 9.92. The summed E-state index contributed by atoms with van der Waals surface area (Å²) in [7, 11) is 0. The van der Waals surface area contributed by atoms with Crippen molar-refractivity contribution in [2.75, 3.05) is 0 Å². The highest BCUT2D eigenvalue weighted by Gasteiger charge is 2.28. The first-order chi connectivity index (χ1) is 16.6. The van der Waals surface area contributed by atoms with Crippen LogP contribution in [0.4, 0.5) is 0 Å². The zero-order valence-corrected chi connectivity index (χ0v) is 21.6. The Morgan fingerprint density at radius 1 is 0.686 bits per heavy atom. The molecule has 0 spiro atoms. The fourth-order valence-electron chi connectivity index (χ4n) is 3.78. The normalized spacial score (nSPS) is 15.7. The molecule has 1 aliphatic heterocycles. The van der Waals surface area contributed by atoms with E-state index >= 15 is 0 Å². The van der Waals surface area contributed by atoms with Crippen LogP contribution in [0.5, 0.6) is 0 Å². The Morgan fingerprint density at radius 3 is 1.91 bits per heavy atom. The smallest absolute Gasteiger partial charge is 0.353 e. The third-order valence-corrected chi connectivity index (χ3v) is 5.84. The standard InChI is InChI=1S/C33H35O2/c1-32(2,3)30-22-26(24-14-9-7-10-15-24)20-28(34-30)18-13-19-29-21-27(25-16-11-8-12-17-25)23-31(35-29)33(4,5)6/h7-23H,1-6H3/q+1. The van der Waals surface area contributed by atoms with Gasteiger partial charge in [-0.2, -0.15) is 0 Å². The Hall–Kier alpha value is -3.65. The summed E-state index contributed by atoms with van der Waals surface area (Å²) < 4.78 is 12.6. The molecule has 2 heterocycles. The molecule has 0 unspecified atom stereocenters. The predicted molar refractivity (Wildman–Crippen MR) is 147 cm³/mol. The lowest BCUT2D eigenvalue weighted by Crippen LogP contribution is -2.14. The van der Waals surface area contributed by atoms with Crippen molar-refractivity contribution in [3.8, 4) is 11.1 Å². The van der Waals surface area contributed by atoms with E-state index < -0.39 is 0 Å². The Kier molecular flexibility index (Phi) is 6.93. The number of allylic oxidation sites excluding steroid dienone is 6. The minimum atomic E-state index is -0.0992. The quantitative estimate of drug-likeness (QED) is 0.359. The van der Waals surface area contributed by atoms with Gasteiger partial charge in [-0.15, -0.1) is 0 Å². The van der Waals surface area contributed by atoms with E-state index in [0.717, 1.165) is 34.2 Å². The third kappa shape index (κ3) is 6.27. The fraction of sp³-hybridized carbons (Fsp3) is 0.242. The minimum absolute atomic E-state index is 0.0992. The number of ether oxygens (including phenoxy) is 1. The molecule has 2 nitrogen and oxygen atoms in total. The van der Waals surface area contributed by atoms with Crippen molar-refractivity contribution < 1.29 is 9.15 Å². The molecule has 178 valence electrons. The summed E-state index contributed by atoms with van der Waals surface area (Å²) in [5, 5.41) is 0. The van der Waals surface area contributed by atoms with Crippen molar-refractivity contribution in [1.29, 1.82) is 0 Å². The zero-order valence-electron chi connectivity index (χ0n) is 21.6. The molecular formula is C33H35O2+. The van der Waals surface area contributed by atoms with Crippen LogP contribution in [0.1, 0.15) is 58.6 Å². The van der Waals surface area contributed by atoms with Crippen molar-refractivity contribution in [3.05, 3.63) is 126 Å². The number of rotatable bonds is 4.